The van der Waals surface area contributed by atoms with Gasteiger partial charge in [0.15, 0.2) is 5.17 Å². The van der Waals surface area contributed by atoms with Gasteiger partial charge in [0.1, 0.15) is 6.33 Å². The van der Waals surface area contributed by atoms with Crippen LogP contribution in [0.1, 0.15) is 0 Å². The molecule has 1 amide bonds. The molecule has 1 aliphatic rings. The fraction of sp³-hybridized carbons (Fsp3) is 0.500. The number of amides is 1. The first-order chi connectivity index (χ1) is 8.69. The van der Waals surface area contributed by atoms with Crippen molar-refractivity contribution in [2.24, 2.45) is 4.99 Å². The number of carbonyl (C=O) groups is 1. The Morgan fingerprint density at radius 1 is 1.78 bits per heavy atom. The zero-order valence-corrected chi connectivity index (χ0v) is 11.1. The molecule has 7 nitrogen and oxygen atoms in total. The average Bonchev–Trinajstić information content (AvgIpc) is 3.00. The highest BCUT2D eigenvalue weighted by Gasteiger charge is 2.21. The second-order valence-electron chi connectivity index (χ2n) is 3.79. The third-order valence-electron chi connectivity index (χ3n) is 2.44. The molecular weight excluding hydrogens is 254 g/mol. The molecule has 1 unspecified atom stereocenters. The van der Waals surface area contributed by atoms with E-state index < -0.39 is 0 Å². The van der Waals surface area contributed by atoms with Crippen LogP contribution in [0.2, 0.25) is 0 Å². The molecule has 0 aliphatic carbocycles. The lowest BCUT2D eigenvalue weighted by Gasteiger charge is -2.15. The van der Waals surface area contributed by atoms with E-state index in [-0.39, 0.29) is 12.1 Å². The minimum atomic E-state index is -0.250. The summed E-state index contributed by atoms with van der Waals surface area (Å²) in [5.74, 6) is 0.841. The Morgan fingerprint density at radius 2 is 2.61 bits per heavy atom. The molecule has 0 bridgehead atoms. The summed E-state index contributed by atoms with van der Waals surface area (Å²) in [6.45, 7) is 0.702. The van der Waals surface area contributed by atoms with Crippen molar-refractivity contribution in [2.75, 3.05) is 26.5 Å². The Hall–Kier alpha value is -1.38. The van der Waals surface area contributed by atoms with Crippen molar-refractivity contribution in [3.05, 3.63) is 18.7 Å². The Balaban J connectivity index is 1.87. The van der Waals surface area contributed by atoms with Crippen molar-refractivity contribution in [3.8, 4) is 0 Å². The van der Waals surface area contributed by atoms with Crippen LogP contribution < -0.4 is 5.32 Å². The minimum absolute atomic E-state index is 0.137. The van der Waals surface area contributed by atoms with Gasteiger partial charge in [0.25, 0.3) is 0 Å². The topological polar surface area (TPSA) is 71.8 Å². The number of nitrogens with zero attached hydrogens (tertiary/aromatic N) is 4. The van der Waals surface area contributed by atoms with Crippen LogP contribution in [-0.2, 0) is 4.84 Å². The zero-order valence-electron chi connectivity index (χ0n) is 10.2. The Kier molecular flexibility index (Phi) is 4.34. The van der Waals surface area contributed by atoms with Gasteiger partial charge in [-0.1, -0.05) is 11.8 Å². The normalized spacial score (nSPS) is 19.1. The predicted octanol–water partition coefficient (Wildman–Crippen LogP) is 0.405. The van der Waals surface area contributed by atoms with E-state index in [2.05, 4.69) is 15.3 Å². The highest BCUT2D eigenvalue weighted by Crippen LogP contribution is 2.17. The monoisotopic (exact) mass is 269 g/mol. The van der Waals surface area contributed by atoms with E-state index in [1.807, 2.05) is 7.05 Å². The molecule has 0 aromatic carbocycles. The molecule has 0 saturated carbocycles. The van der Waals surface area contributed by atoms with Gasteiger partial charge in [-0.2, -0.15) is 5.06 Å². The van der Waals surface area contributed by atoms with Gasteiger partial charge in [-0.25, -0.2) is 9.78 Å². The number of aromatic nitrogens is 2. The maximum absolute atomic E-state index is 11.7. The van der Waals surface area contributed by atoms with Gasteiger partial charge >= 0.3 is 6.03 Å². The third-order valence-corrected chi connectivity index (χ3v) is 3.48. The highest BCUT2D eigenvalue weighted by atomic mass is 32.2. The summed E-state index contributed by atoms with van der Waals surface area (Å²) >= 11 is 1.53. The van der Waals surface area contributed by atoms with Gasteiger partial charge in [-0.15, -0.1) is 0 Å². The number of hydrogen-bond acceptors (Lipinski definition) is 6. The Morgan fingerprint density at radius 3 is 3.28 bits per heavy atom. The number of likely N-dealkylation sites (N-methyl/N-ethyl adjacent to an activating group) is 1. The highest BCUT2D eigenvalue weighted by molar-refractivity contribution is 8.14. The zero-order chi connectivity index (χ0) is 13.0. The van der Waals surface area contributed by atoms with Crippen molar-refractivity contribution in [1.82, 2.24) is 19.9 Å². The summed E-state index contributed by atoms with van der Waals surface area (Å²) in [4.78, 5) is 25.0. The largest absolute Gasteiger partial charge is 0.332 e. The predicted molar refractivity (Wildman–Crippen MR) is 69.5 cm³/mol. The molecule has 1 aromatic heterocycles. The van der Waals surface area contributed by atoms with E-state index in [0.29, 0.717) is 11.7 Å². The van der Waals surface area contributed by atoms with E-state index in [1.165, 1.54) is 22.7 Å². The van der Waals surface area contributed by atoms with Crippen LogP contribution in [-0.4, -0.2) is 58.3 Å². The van der Waals surface area contributed by atoms with Crippen molar-refractivity contribution in [3.63, 3.8) is 0 Å². The van der Waals surface area contributed by atoms with Crippen LogP contribution in [0, 0.1) is 0 Å². The van der Waals surface area contributed by atoms with Crippen LogP contribution in [0.15, 0.2) is 23.7 Å². The van der Waals surface area contributed by atoms with Crippen LogP contribution in [0.4, 0.5) is 4.79 Å². The van der Waals surface area contributed by atoms with E-state index in [0.717, 1.165) is 5.75 Å². The van der Waals surface area contributed by atoms with Gasteiger partial charge < -0.3 is 4.84 Å². The first-order valence-corrected chi connectivity index (χ1v) is 6.42. The molecule has 0 saturated heterocycles. The third kappa shape index (κ3) is 3.31. The molecule has 1 aromatic rings. The summed E-state index contributed by atoms with van der Waals surface area (Å²) in [6.07, 6.45) is 4.59. The molecule has 8 heteroatoms. The molecule has 18 heavy (non-hydrogen) atoms. The van der Waals surface area contributed by atoms with Gasteiger partial charge in [0.2, 0.25) is 0 Å². The minimum Gasteiger partial charge on any atom is -0.303 e. The van der Waals surface area contributed by atoms with Crippen LogP contribution >= 0.6 is 11.8 Å². The first-order valence-electron chi connectivity index (χ1n) is 5.44. The standard InChI is InChI=1S/C10H15N5O2S/c1-14(17-2)5-8-6-18-9(12-8)13-10(16)15-4-3-11-7-15/h3-4,7-8H,5-6H2,1-2H3,(H,12,13,16). The number of hydroxylamine groups is 2. The Labute approximate surface area is 109 Å². The number of hydrogen-bond donors (Lipinski definition) is 1. The number of rotatable bonds is 3. The van der Waals surface area contributed by atoms with Crippen molar-refractivity contribution >= 4 is 23.0 Å². The fourth-order valence-corrected chi connectivity index (χ4v) is 2.40. The van der Waals surface area contributed by atoms with Crippen LogP contribution in [0.3, 0.4) is 0 Å². The van der Waals surface area contributed by atoms with Crippen molar-refractivity contribution in [2.45, 2.75) is 6.04 Å². The molecule has 98 valence electrons. The number of nitrogens with one attached hydrogen (secondary N) is 1. The smallest absolute Gasteiger partial charge is 0.303 e. The first kappa shape index (κ1) is 13.1. The number of thioether (sulfide) groups is 1. The molecule has 2 rings (SSSR count). The summed E-state index contributed by atoms with van der Waals surface area (Å²) < 4.78 is 1.37. The lowest BCUT2D eigenvalue weighted by atomic mass is 10.3. The Bertz CT molecular complexity index is 433. The van der Waals surface area contributed by atoms with Crippen LogP contribution in [0.25, 0.3) is 0 Å². The molecule has 0 spiro atoms. The fourth-order valence-electron chi connectivity index (χ4n) is 1.48. The second kappa shape index (κ2) is 5.98. The summed E-state index contributed by atoms with van der Waals surface area (Å²) in [7, 11) is 3.47. The second-order valence-corrected chi connectivity index (χ2v) is 4.80. The number of carbonyl (C=O) groups excluding carboxylic acids is 1. The molecule has 1 N–H and O–H groups in total. The van der Waals surface area contributed by atoms with Crippen LogP contribution in [0.5, 0.6) is 0 Å². The van der Waals surface area contributed by atoms with E-state index in [1.54, 1.807) is 24.6 Å². The van der Waals surface area contributed by atoms with Gasteiger partial charge in [0.05, 0.1) is 13.2 Å². The average molecular weight is 269 g/mol. The molecule has 1 aliphatic heterocycles. The number of aliphatic imine (C=N–C) groups is 1. The van der Waals surface area contributed by atoms with Crippen molar-refractivity contribution < 1.29 is 9.63 Å². The number of amidine groups is 1. The lowest BCUT2D eigenvalue weighted by Crippen LogP contribution is -2.31. The molecular formula is C10H15N5O2S. The lowest BCUT2D eigenvalue weighted by molar-refractivity contribution is -0.110. The van der Waals surface area contributed by atoms with Gasteiger partial charge in [-0.3, -0.25) is 14.9 Å². The molecule has 2 heterocycles. The summed E-state index contributed by atoms with van der Waals surface area (Å²) in [5.41, 5.74) is 0. The van der Waals surface area contributed by atoms with E-state index in [4.69, 9.17) is 4.84 Å². The number of imidazole rings is 1. The molecule has 0 fully saturated rings. The SMILES string of the molecule is CON(C)CC1CSC(NC(=O)n2ccnc2)=N1. The molecule has 0 radical (unpaired) electrons. The maximum atomic E-state index is 11.7. The van der Waals surface area contributed by atoms with Gasteiger partial charge in [0, 0.05) is 31.7 Å². The quantitative estimate of drug-likeness (QED) is 0.804. The molecule has 1 atom stereocenters. The van der Waals surface area contributed by atoms with E-state index in [9.17, 15) is 4.79 Å². The maximum Gasteiger partial charge on any atom is 0.332 e. The van der Waals surface area contributed by atoms with Gasteiger partial charge in [-0.05, 0) is 0 Å². The summed E-state index contributed by atoms with van der Waals surface area (Å²) in [6, 6.07) is -0.113. The van der Waals surface area contributed by atoms with E-state index >= 15 is 0 Å². The summed E-state index contributed by atoms with van der Waals surface area (Å²) in [5, 5.41) is 5.10. The van der Waals surface area contributed by atoms with Crippen molar-refractivity contribution in [1.29, 1.82) is 0 Å².